The van der Waals surface area contributed by atoms with Gasteiger partial charge in [-0.15, -0.1) is 0 Å². The molecule has 2 aromatic carbocycles. The van der Waals surface area contributed by atoms with E-state index >= 15 is 0 Å². The van der Waals surface area contributed by atoms with Crippen LogP contribution in [-0.4, -0.2) is 15.0 Å². The fourth-order valence-corrected chi connectivity index (χ4v) is 3.37. The monoisotopic (exact) mass is 326 g/mol. The first-order chi connectivity index (χ1) is 10.0. The molecule has 5 heteroatoms. The second kappa shape index (κ2) is 7.14. The van der Waals surface area contributed by atoms with Gasteiger partial charge in [0.25, 0.3) is 9.05 Å². The Balaban J connectivity index is 2.26. The van der Waals surface area contributed by atoms with Crippen molar-refractivity contribution in [3.63, 3.8) is 0 Å². The third kappa shape index (κ3) is 4.11. The first-order valence-electron chi connectivity index (χ1n) is 7.13. The Kier molecular flexibility index (Phi) is 5.48. The molecule has 0 amide bonds. The minimum absolute atomic E-state index is 0.123. The minimum Gasteiger partial charge on any atom is -0.493 e. The van der Waals surface area contributed by atoms with Crippen molar-refractivity contribution in [2.45, 2.75) is 37.5 Å². The van der Waals surface area contributed by atoms with Crippen LogP contribution in [-0.2, 0) is 9.05 Å². The van der Waals surface area contributed by atoms with E-state index in [1.165, 1.54) is 18.9 Å². The van der Waals surface area contributed by atoms with Gasteiger partial charge < -0.3 is 4.74 Å². The van der Waals surface area contributed by atoms with E-state index in [-0.39, 0.29) is 4.90 Å². The number of ether oxygens (including phenoxy) is 1. The third-order valence-corrected chi connectivity index (χ3v) is 4.74. The van der Waals surface area contributed by atoms with Gasteiger partial charge in [0.1, 0.15) is 5.75 Å². The van der Waals surface area contributed by atoms with Crippen molar-refractivity contribution in [3.8, 4) is 5.75 Å². The fraction of sp³-hybridized carbons (Fsp3) is 0.375. The Bertz CT molecular complexity index is 711. The number of unbranched alkanes of at least 4 members (excludes halogenated alkanes) is 3. The zero-order valence-corrected chi connectivity index (χ0v) is 13.6. The summed E-state index contributed by atoms with van der Waals surface area (Å²) in [4.78, 5) is 0.123. The summed E-state index contributed by atoms with van der Waals surface area (Å²) in [5.41, 5.74) is 0. The third-order valence-electron chi connectivity index (χ3n) is 3.36. The second-order valence-electron chi connectivity index (χ2n) is 4.95. The molecule has 0 bridgehead atoms. The van der Waals surface area contributed by atoms with Gasteiger partial charge in [0.05, 0.1) is 11.5 Å². The number of benzene rings is 2. The van der Waals surface area contributed by atoms with Crippen LogP contribution in [0.15, 0.2) is 41.3 Å². The molecule has 0 saturated heterocycles. The van der Waals surface area contributed by atoms with Gasteiger partial charge in [-0.05, 0) is 18.6 Å². The standard InChI is InChI=1S/C16H19ClO3S/c1-2-3-4-7-12-20-15-10-11-16(21(17,18)19)14-9-6-5-8-13(14)15/h5-6,8-11H,2-4,7,12H2,1H3. The Labute approximate surface area is 130 Å². The maximum absolute atomic E-state index is 11.6. The van der Waals surface area contributed by atoms with E-state index in [2.05, 4.69) is 6.92 Å². The van der Waals surface area contributed by atoms with Crippen LogP contribution in [0.4, 0.5) is 0 Å². The molecular weight excluding hydrogens is 308 g/mol. The van der Waals surface area contributed by atoms with Gasteiger partial charge in [-0.25, -0.2) is 8.42 Å². The Morgan fingerprint density at radius 1 is 1.00 bits per heavy atom. The van der Waals surface area contributed by atoms with E-state index in [0.717, 1.165) is 18.2 Å². The highest BCUT2D eigenvalue weighted by atomic mass is 35.7. The van der Waals surface area contributed by atoms with Gasteiger partial charge in [-0.3, -0.25) is 0 Å². The van der Waals surface area contributed by atoms with E-state index in [1.807, 2.05) is 12.1 Å². The largest absolute Gasteiger partial charge is 0.493 e. The molecule has 0 radical (unpaired) electrons. The van der Waals surface area contributed by atoms with Crippen molar-refractivity contribution < 1.29 is 13.2 Å². The Hall–Kier alpha value is -1.26. The molecule has 0 atom stereocenters. The Morgan fingerprint density at radius 3 is 2.38 bits per heavy atom. The Morgan fingerprint density at radius 2 is 1.71 bits per heavy atom. The maximum atomic E-state index is 11.6. The molecule has 0 aliphatic heterocycles. The van der Waals surface area contributed by atoms with Crippen LogP contribution in [0.3, 0.4) is 0 Å². The van der Waals surface area contributed by atoms with Crippen LogP contribution in [0, 0.1) is 0 Å². The van der Waals surface area contributed by atoms with Crippen LogP contribution < -0.4 is 4.74 Å². The van der Waals surface area contributed by atoms with Gasteiger partial charge in [0.15, 0.2) is 0 Å². The number of fused-ring (bicyclic) bond motifs is 1. The van der Waals surface area contributed by atoms with Crippen LogP contribution in [0.25, 0.3) is 10.8 Å². The molecule has 0 spiro atoms. The van der Waals surface area contributed by atoms with Gasteiger partial charge in [0.2, 0.25) is 0 Å². The molecule has 21 heavy (non-hydrogen) atoms. The molecule has 0 N–H and O–H groups in total. The summed E-state index contributed by atoms with van der Waals surface area (Å²) in [5, 5.41) is 1.37. The molecule has 0 aliphatic rings. The van der Waals surface area contributed by atoms with Crippen LogP contribution >= 0.6 is 10.7 Å². The lowest BCUT2D eigenvalue weighted by Gasteiger charge is -2.11. The molecule has 0 aliphatic carbocycles. The normalized spacial score (nSPS) is 11.7. The number of hydrogen-bond acceptors (Lipinski definition) is 3. The first kappa shape index (κ1) is 16.1. The highest BCUT2D eigenvalue weighted by Gasteiger charge is 2.16. The summed E-state index contributed by atoms with van der Waals surface area (Å²) in [6.45, 7) is 2.80. The summed E-state index contributed by atoms with van der Waals surface area (Å²) < 4.78 is 29.0. The molecule has 2 aromatic rings. The van der Waals surface area contributed by atoms with Crippen molar-refractivity contribution in [1.29, 1.82) is 0 Å². The molecule has 0 heterocycles. The van der Waals surface area contributed by atoms with Crippen molar-refractivity contribution in [3.05, 3.63) is 36.4 Å². The average molecular weight is 327 g/mol. The molecule has 114 valence electrons. The smallest absolute Gasteiger partial charge is 0.261 e. The van der Waals surface area contributed by atoms with E-state index in [1.54, 1.807) is 18.2 Å². The SMILES string of the molecule is CCCCCCOc1ccc(S(=O)(=O)Cl)c2ccccc12. The van der Waals surface area contributed by atoms with E-state index in [0.29, 0.717) is 17.7 Å². The summed E-state index contributed by atoms with van der Waals surface area (Å²) in [7, 11) is 1.72. The van der Waals surface area contributed by atoms with Gasteiger partial charge in [-0.1, -0.05) is 50.5 Å². The quantitative estimate of drug-likeness (QED) is 0.546. The summed E-state index contributed by atoms with van der Waals surface area (Å²) in [5.74, 6) is 0.700. The fourth-order valence-electron chi connectivity index (χ4n) is 2.29. The summed E-state index contributed by atoms with van der Waals surface area (Å²) in [6.07, 6.45) is 4.53. The highest BCUT2D eigenvalue weighted by molar-refractivity contribution is 8.14. The number of rotatable bonds is 7. The van der Waals surface area contributed by atoms with Crippen LogP contribution in [0.1, 0.15) is 32.6 Å². The van der Waals surface area contributed by atoms with E-state index in [4.69, 9.17) is 15.4 Å². The van der Waals surface area contributed by atoms with E-state index < -0.39 is 9.05 Å². The lowest BCUT2D eigenvalue weighted by atomic mass is 10.1. The van der Waals surface area contributed by atoms with Gasteiger partial charge in [-0.2, -0.15) is 0 Å². The lowest BCUT2D eigenvalue weighted by molar-refractivity contribution is 0.308. The molecule has 0 unspecified atom stereocenters. The van der Waals surface area contributed by atoms with Crippen molar-refractivity contribution in [2.75, 3.05) is 6.61 Å². The van der Waals surface area contributed by atoms with Crippen molar-refractivity contribution in [2.24, 2.45) is 0 Å². The summed E-state index contributed by atoms with van der Waals surface area (Å²) in [6, 6.07) is 10.4. The number of hydrogen-bond donors (Lipinski definition) is 0. The van der Waals surface area contributed by atoms with Crippen molar-refractivity contribution >= 4 is 30.5 Å². The average Bonchev–Trinajstić information content (AvgIpc) is 2.45. The van der Waals surface area contributed by atoms with Crippen LogP contribution in [0.5, 0.6) is 5.75 Å². The second-order valence-corrected chi connectivity index (χ2v) is 7.49. The number of halogens is 1. The van der Waals surface area contributed by atoms with E-state index in [9.17, 15) is 8.42 Å². The topological polar surface area (TPSA) is 43.4 Å². The molecule has 0 aromatic heterocycles. The molecule has 0 saturated carbocycles. The summed E-state index contributed by atoms with van der Waals surface area (Å²) >= 11 is 0. The van der Waals surface area contributed by atoms with Gasteiger partial charge >= 0.3 is 0 Å². The predicted octanol–water partition coefficient (Wildman–Crippen LogP) is 4.73. The van der Waals surface area contributed by atoms with Crippen LogP contribution in [0.2, 0.25) is 0 Å². The molecular formula is C16H19ClO3S. The van der Waals surface area contributed by atoms with Gasteiger partial charge in [0, 0.05) is 21.5 Å². The zero-order valence-electron chi connectivity index (χ0n) is 12.0. The molecule has 0 fully saturated rings. The molecule has 3 nitrogen and oxygen atoms in total. The maximum Gasteiger partial charge on any atom is 0.261 e. The predicted molar refractivity (Wildman–Crippen MR) is 86.6 cm³/mol. The first-order valence-corrected chi connectivity index (χ1v) is 9.44. The lowest BCUT2D eigenvalue weighted by Crippen LogP contribution is -1.99. The minimum atomic E-state index is -3.76. The van der Waals surface area contributed by atoms with Crippen molar-refractivity contribution in [1.82, 2.24) is 0 Å². The highest BCUT2D eigenvalue weighted by Crippen LogP contribution is 2.32. The molecule has 2 rings (SSSR count). The zero-order chi connectivity index (χ0) is 15.3.